The van der Waals surface area contributed by atoms with Crippen LogP contribution in [-0.4, -0.2) is 23.0 Å². The van der Waals surface area contributed by atoms with Crippen molar-refractivity contribution in [1.29, 1.82) is 5.26 Å². The molecule has 0 aromatic heterocycles. The number of nitrogens with one attached hydrogen (secondary N) is 1. The van der Waals surface area contributed by atoms with Gasteiger partial charge in [-0.2, -0.15) is 5.26 Å². The Morgan fingerprint density at radius 2 is 1.50 bits per heavy atom. The summed E-state index contributed by atoms with van der Waals surface area (Å²) in [6.45, 7) is 0. The molecule has 1 amide bonds. The van der Waals surface area contributed by atoms with Crippen LogP contribution in [0.1, 0.15) is 42.7 Å². The minimum Gasteiger partial charge on any atom is -0.480 e. The molecule has 2 aromatic carbocycles. The number of amides is 1. The number of hydrogen-bond donors (Lipinski definition) is 2. The average Bonchev–Trinajstić information content (AvgIpc) is 2.66. The summed E-state index contributed by atoms with van der Waals surface area (Å²) >= 11 is 0. The molecule has 0 aliphatic carbocycles. The van der Waals surface area contributed by atoms with Gasteiger partial charge < -0.3 is 10.4 Å². The van der Waals surface area contributed by atoms with Crippen molar-refractivity contribution in [3.8, 4) is 6.07 Å². The highest BCUT2D eigenvalue weighted by molar-refractivity contribution is 5.90. The van der Waals surface area contributed by atoms with Crippen LogP contribution in [-0.2, 0) is 9.59 Å². The SMILES string of the molecule is N#CCCCCC(NC(=O)C(c1ccccc1)c1ccccc1)C(=O)O. The third kappa shape index (κ3) is 5.45. The lowest BCUT2D eigenvalue weighted by molar-refractivity contribution is -0.142. The van der Waals surface area contributed by atoms with Crippen LogP contribution >= 0.6 is 0 Å². The van der Waals surface area contributed by atoms with E-state index in [1.165, 1.54) is 0 Å². The number of aliphatic carboxylic acids is 1. The van der Waals surface area contributed by atoms with Crippen LogP contribution in [0.25, 0.3) is 0 Å². The maximum absolute atomic E-state index is 12.9. The van der Waals surface area contributed by atoms with E-state index < -0.39 is 17.9 Å². The van der Waals surface area contributed by atoms with Crippen molar-refractivity contribution in [2.75, 3.05) is 0 Å². The first-order valence-electron chi connectivity index (χ1n) is 8.63. The van der Waals surface area contributed by atoms with E-state index >= 15 is 0 Å². The predicted molar refractivity (Wildman–Crippen MR) is 98.4 cm³/mol. The first-order valence-corrected chi connectivity index (χ1v) is 8.63. The largest absolute Gasteiger partial charge is 0.480 e. The molecule has 0 heterocycles. The predicted octanol–water partition coefficient (Wildman–Crippen LogP) is 3.47. The standard InChI is InChI=1S/C21H22N2O3/c22-15-9-3-8-14-18(21(25)26)23-20(24)19(16-10-4-1-5-11-16)17-12-6-2-7-13-17/h1-2,4-7,10-13,18-19H,3,8-9,14H2,(H,23,24)(H,25,26). The van der Waals surface area contributed by atoms with Crippen molar-refractivity contribution in [1.82, 2.24) is 5.32 Å². The zero-order chi connectivity index (χ0) is 18.8. The second kappa shape index (κ2) is 10.00. The Labute approximate surface area is 153 Å². The van der Waals surface area contributed by atoms with E-state index in [4.69, 9.17) is 5.26 Å². The molecule has 0 fully saturated rings. The van der Waals surface area contributed by atoms with Gasteiger partial charge in [0.25, 0.3) is 0 Å². The number of nitrogens with zero attached hydrogens (tertiary/aromatic N) is 1. The first-order chi connectivity index (χ1) is 12.6. The van der Waals surface area contributed by atoms with Gasteiger partial charge in [0.1, 0.15) is 6.04 Å². The Morgan fingerprint density at radius 3 is 1.96 bits per heavy atom. The Bertz CT molecular complexity index is 714. The minimum atomic E-state index is -1.06. The van der Waals surface area contributed by atoms with Gasteiger partial charge in [-0.25, -0.2) is 4.79 Å². The number of carboxylic acids is 1. The molecule has 1 unspecified atom stereocenters. The third-order valence-electron chi connectivity index (χ3n) is 4.17. The van der Waals surface area contributed by atoms with Gasteiger partial charge in [0.15, 0.2) is 0 Å². The summed E-state index contributed by atoms with van der Waals surface area (Å²) in [5.74, 6) is -1.97. The smallest absolute Gasteiger partial charge is 0.326 e. The number of carbonyl (C=O) groups is 2. The minimum absolute atomic E-state index is 0.305. The fourth-order valence-corrected chi connectivity index (χ4v) is 2.85. The van der Waals surface area contributed by atoms with Crippen molar-refractivity contribution in [3.63, 3.8) is 0 Å². The van der Waals surface area contributed by atoms with Gasteiger partial charge in [0, 0.05) is 6.42 Å². The van der Waals surface area contributed by atoms with Crippen LogP contribution in [0, 0.1) is 11.3 Å². The average molecular weight is 350 g/mol. The van der Waals surface area contributed by atoms with Crippen molar-refractivity contribution in [2.45, 2.75) is 37.6 Å². The monoisotopic (exact) mass is 350 g/mol. The van der Waals surface area contributed by atoms with Gasteiger partial charge in [-0.1, -0.05) is 60.7 Å². The van der Waals surface area contributed by atoms with E-state index in [2.05, 4.69) is 5.32 Å². The summed E-state index contributed by atoms with van der Waals surface area (Å²) in [6, 6.07) is 19.7. The number of carboxylic acid groups (broad SMARTS) is 1. The fraction of sp³-hybridized carbons (Fsp3) is 0.286. The molecular formula is C21H22N2O3. The number of nitriles is 1. The summed E-state index contributed by atoms with van der Waals surface area (Å²) in [5.41, 5.74) is 1.62. The molecule has 5 heteroatoms. The van der Waals surface area contributed by atoms with Gasteiger partial charge in [-0.05, 0) is 30.4 Å². The van der Waals surface area contributed by atoms with Gasteiger partial charge in [-0.15, -0.1) is 0 Å². The summed E-state index contributed by atoms with van der Waals surface area (Å²) < 4.78 is 0. The third-order valence-corrected chi connectivity index (χ3v) is 4.17. The topological polar surface area (TPSA) is 90.2 Å². The van der Waals surface area contributed by atoms with Gasteiger partial charge in [0.2, 0.25) is 5.91 Å². The van der Waals surface area contributed by atoms with E-state index in [-0.39, 0.29) is 5.91 Å². The van der Waals surface area contributed by atoms with E-state index in [1.807, 2.05) is 66.7 Å². The van der Waals surface area contributed by atoms with Crippen molar-refractivity contribution >= 4 is 11.9 Å². The van der Waals surface area contributed by atoms with Crippen molar-refractivity contribution < 1.29 is 14.7 Å². The van der Waals surface area contributed by atoms with E-state index in [1.54, 1.807) is 0 Å². The lowest BCUT2D eigenvalue weighted by atomic mass is 9.90. The maximum atomic E-state index is 12.9. The Morgan fingerprint density at radius 1 is 0.962 bits per heavy atom. The molecule has 0 radical (unpaired) electrons. The number of carbonyl (C=O) groups excluding carboxylic acids is 1. The lowest BCUT2D eigenvalue weighted by Gasteiger charge is -2.21. The number of rotatable bonds is 9. The van der Waals surface area contributed by atoms with Crippen LogP contribution in [0.3, 0.4) is 0 Å². The summed E-state index contributed by atoms with van der Waals surface area (Å²) in [7, 11) is 0. The number of benzene rings is 2. The van der Waals surface area contributed by atoms with Crippen LogP contribution in [0.2, 0.25) is 0 Å². The molecule has 2 rings (SSSR count). The van der Waals surface area contributed by atoms with Crippen LogP contribution in [0.4, 0.5) is 0 Å². The van der Waals surface area contributed by atoms with Gasteiger partial charge in [0.05, 0.1) is 12.0 Å². The molecule has 1 atom stereocenters. The number of hydrogen-bond acceptors (Lipinski definition) is 3. The Balaban J connectivity index is 2.18. The zero-order valence-corrected chi connectivity index (χ0v) is 14.5. The molecule has 5 nitrogen and oxygen atoms in total. The highest BCUT2D eigenvalue weighted by Crippen LogP contribution is 2.25. The molecular weight excluding hydrogens is 328 g/mol. The highest BCUT2D eigenvalue weighted by atomic mass is 16.4. The van der Waals surface area contributed by atoms with E-state index in [9.17, 15) is 14.7 Å². The van der Waals surface area contributed by atoms with Gasteiger partial charge in [-0.3, -0.25) is 4.79 Å². The van der Waals surface area contributed by atoms with E-state index in [0.717, 1.165) is 11.1 Å². The lowest BCUT2D eigenvalue weighted by Crippen LogP contribution is -2.43. The normalized spacial score (nSPS) is 11.5. The molecule has 0 aliphatic rings. The van der Waals surface area contributed by atoms with E-state index in [0.29, 0.717) is 25.7 Å². The second-order valence-electron chi connectivity index (χ2n) is 6.06. The molecule has 0 spiro atoms. The molecule has 26 heavy (non-hydrogen) atoms. The molecule has 2 aromatic rings. The van der Waals surface area contributed by atoms with Crippen LogP contribution < -0.4 is 5.32 Å². The maximum Gasteiger partial charge on any atom is 0.326 e. The number of unbranched alkanes of at least 4 members (excludes halogenated alkanes) is 2. The second-order valence-corrected chi connectivity index (χ2v) is 6.06. The molecule has 0 bridgehead atoms. The Hall–Kier alpha value is -3.13. The zero-order valence-electron chi connectivity index (χ0n) is 14.5. The van der Waals surface area contributed by atoms with Crippen LogP contribution in [0.5, 0.6) is 0 Å². The molecule has 0 saturated heterocycles. The van der Waals surface area contributed by atoms with Crippen molar-refractivity contribution in [2.24, 2.45) is 0 Å². The summed E-state index contributed by atoms with van der Waals surface area (Å²) in [4.78, 5) is 24.4. The van der Waals surface area contributed by atoms with Crippen molar-refractivity contribution in [3.05, 3.63) is 71.8 Å². The molecule has 0 saturated carbocycles. The van der Waals surface area contributed by atoms with Gasteiger partial charge >= 0.3 is 5.97 Å². The summed E-state index contributed by atoms with van der Waals surface area (Å²) in [5, 5.41) is 20.7. The first kappa shape index (κ1) is 19.2. The molecule has 0 aliphatic heterocycles. The molecule has 134 valence electrons. The Kier molecular flexibility index (Phi) is 7.38. The molecule has 2 N–H and O–H groups in total. The quantitative estimate of drug-likeness (QED) is 0.678. The van der Waals surface area contributed by atoms with Crippen LogP contribution in [0.15, 0.2) is 60.7 Å². The summed E-state index contributed by atoms with van der Waals surface area (Å²) in [6.07, 6.45) is 1.89. The fourth-order valence-electron chi connectivity index (χ4n) is 2.85. The highest BCUT2D eigenvalue weighted by Gasteiger charge is 2.27.